The second-order valence-corrected chi connectivity index (χ2v) is 6.69. The number of piperazine rings is 1. The summed E-state index contributed by atoms with van der Waals surface area (Å²) in [6.07, 6.45) is 2.02. The molecule has 1 saturated heterocycles. The van der Waals surface area contributed by atoms with Gasteiger partial charge in [-0.3, -0.25) is 0 Å². The van der Waals surface area contributed by atoms with Gasteiger partial charge in [0, 0.05) is 38.3 Å². The van der Waals surface area contributed by atoms with Crippen molar-refractivity contribution in [3.05, 3.63) is 23.2 Å². The summed E-state index contributed by atoms with van der Waals surface area (Å²) in [6, 6.07) is 6.69. The number of aromatic nitrogens is 1. The van der Waals surface area contributed by atoms with E-state index in [1.165, 1.54) is 28.5 Å². The average Bonchev–Trinajstić information content (AvgIpc) is 2.95. The van der Waals surface area contributed by atoms with E-state index in [1.54, 1.807) is 0 Å². The first-order chi connectivity index (χ1) is 10.3. The normalized spacial score (nSPS) is 16.8. The summed E-state index contributed by atoms with van der Waals surface area (Å²) in [5, 5.41) is 1.21. The van der Waals surface area contributed by atoms with Gasteiger partial charge in [-0.2, -0.15) is 0 Å². The van der Waals surface area contributed by atoms with Crippen LogP contribution in [0.4, 0.5) is 5.69 Å². The molecule has 0 amide bonds. The van der Waals surface area contributed by atoms with Gasteiger partial charge in [-0.15, -0.1) is 11.3 Å². The van der Waals surface area contributed by atoms with Gasteiger partial charge in [-0.1, -0.05) is 6.92 Å². The van der Waals surface area contributed by atoms with E-state index in [1.807, 2.05) is 11.3 Å². The molecular formula is C16H24N4S. The van der Waals surface area contributed by atoms with Gasteiger partial charge in [-0.25, -0.2) is 4.98 Å². The van der Waals surface area contributed by atoms with Gasteiger partial charge in [0.15, 0.2) is 0 Å². The standard InChI is InChI=1S/C16H24N4S/c1-2-19-8-10-20(11-9-19)13-5-6-14-15(12-13)21-16(18-14)4-3-7-17/h5-6,12H,2-4,7-11,17H2,1H3. The fourth-order valence-electron chi connectivity index (χ4n) is 2.84. The highest BCUT2D eigenvalue weighted by Gasteiger charge is 2.16. The summed E-state index contributed by atoms with van der Waals surface area (Å²) in [5.74, 6) is 0. The molecule has 0 bridgehead atoms. The molecule has 3 rings (SSSR count). The molecule has 0 aliphatic carbocycles. The first-order valence-electron chi connectivity index (χ1n) is 7.87. The Hall–Kier alpha value is -1.17. The molecule has 2 aromatic rings. The SMILES string of the molecule is CCN1CCN(c2ccc3nc(CCCN)sc3c2)CC1. The smallest absolute Gasteiger partial charge is 0.0939 e. The third kappa shape index (κ3) is 3.36. The number of hydrogen-bond acceptors (Lipinski definition) is 5. The Labute approximate surface area is 130 Å². The fraction of sp³-hybridized carbons (Fsp3) is 0.562. The molecule has 5 heteroatoms. The Morgan fingerprint density at radius 3 is 2.76 bits per heavy atom. The van der Waals surface area contributed by atoms with Crippen LogP contribution in [-0.4, -0.2) is 49.2 Å². The number of anilines is 1. The second kappa shape index (κ2) is 6.73. The van der Waals surface area contributed by atoms with E-state index >= 15 is 0 Å². The van der Waals surface area contributed by atoms with Crippen molar-refractivity contribution in [2.75, 3.05) is 44.2 Å². The molecule has 0 radical (unpaired) electrons. The van der Waals surface area contributed by atoms with Crippen molar-refractivity contribution in [2.45, 2.75) is 19.8 Å². The number of likely N-dealkylation sites (N-methyl/N-ethyl adjacent to an activating group) is 1. The minimum Gasteiger partial charge on any atom is -0.369 e. The van der Waals surface area contributed by atoms with Gasteiger partial charge in [0.25, 0.3) is 0 Å². The quantitative estimate of drug-likeness (QED) is 0.921. The van der Waals surface area contributed by atoms with Crippen molar-refractivity contribution in [2.24, 2.45) is 5.73 Å². The van der Waals surface area contributed by atoms with Gasteiger partial charge in [-0.05, 0) is 37.7 Å². The molecule has 1 aliphatic heterocycles. The summed E-state index contributed by atoms with van der Waals surface area (Å²) in [7, 11) is 0. The summed E-state index contributed by atoms with van der Waals surface area (Å²) >= 11 is 1.82. The molecule has 0 spiro atoms. The van der Waals surface area contributed by atoms with Gasteiger partial charge in [0.2, 0.25) is 0 Å². The number of fused-ring (bicyclic) bond motifs is 1. The second-order valence-electron chi connectivity index (χ2n) is 5.57. The third-order valence-electron chi connectivity index (χ3n) is 4.20. The molecule has 0 unspecified atom stereocenters. The van der Waals surface area contributed by atoms with Crippen molar-refractivity contribution >= 4 is 27.2 Å². The molecule has 1 fully saturated rings. The lowest BCUT2D eigenvalue weighted by molar-refractivity contribution is 0.271. The molecule has 2 heterocycles. The zero-order chi connectivity index (χ0) is 14.7. The van der Waals surface area contributed by atoms with Crippen LogP contribution in [0, 0.1) is 0 Å². The molecule has 2 N–H and O–H groups in total. The summed E-state index contributed by atoms with van der Waals surface area (Å²) < 4.78 is 1.30. The van der Waals surface area contributed by atoms with Crippen LogP contribution in [0.2, 0.25) is 0 Å². The van der Waals surface area contributed by atoms with Crippen molar-refractivity contribution in [1.29, 1.82) is 0 Å². The van der Waals surface area contributed by atoms with Crippen LogP contribution in [0.5, 0.6) is 0 Å². The summed E-state index contributed by atoms with van der Waals surface area (Å²) in [4.78, 5) is 9.70. The highest BCUT2D eigenvalue weighted by Crippen LogP contribution is 2.28. The summed E-state index contributed by atoms with van der Waals surface area (Å²) in [5.41, 5.74) is 8.05. The number of nitrogens with zero attached hydrogens (tertiary/aromatic N) is 3. The molecule has 1 aliphatic rings. The van der Waals surface area contributed by atoms with Crippen molar-refractivity contribution < 1.29 is 0 Å². The van der Waals surface area contributed by atoms with Gasteiger partial charge < -0.3 is 15.5 Å². The topological polar surface area (TPSA) is 45.4 Å². The Kier molecular flexibility index (Phi) is 4.73. The van der Waals surface area contributed by atoms with E-state index in [-0.39, 0.29) is 0 Å². The van der Waals surface area contributed by atoms with Gasteiger partial charge in [0.1, 0.15) is 0 Å². The van der Waals surface area contributed by atoms with E-state index in [2.05, 4.69) is 34.9 Å². The van der Waals surface area contributed by atoms with Crippen molar-refractivity contribution in [3.63, 3.8) is 0 Å². The lowest BCUT2D eigenvalue weighted by Crippen LogP contribution is -2.46. The Bertz CT molecular complexity index is 587. The van der Waals surface area contributed by atoms with Crippen molar-refractivity contribution in [1.82, 2.24) is 9.88 Å². The van der Waals surface area contributed by atoms with Crippen LogP contribution in [0.25, 0.3) is 10.2 Å². The lowest BCUT2D eigenvalue weighted by atomic mass is 10.2. The first kappa shape index (κ1) is 14.8. The van der Waals surface area contributed by atoms with Crippen LogP contribution < -0.4 is 10.6 Å². The highest BCUT2D eigenvalue weighted by molar-refractivity contribution is 7.18. The monoisotopic (exact) mass is 304 g/mol. The lowest BCUT2D eigenvalue weighted by Gasteiger charge is -2.35. The van der Waals surface area contributed by atoms with Crippen LogP contribution >= 0.6 is 11.3 Å². The zero-order valence-corrected chi connectivity index (χ0v) is 13.5. The number of rotatable bonds is 5. The Morgan fingerprint density at radius 1 is 1.24 bits per heavy atom. The molecule has 1 aromatic carbocycles. The number of nitrogens with two attached hydrogens (primary N) is 1. The van der Waals surface area contributed by atoms with E-state index in [0.29, 0.717) is 0 Å². The van der Waals surface area contributed by atoms with Gasteiger partial charge >= 0.3 is 0 Å². The molecular weight excluding hydrogens is 280 g/mol. The number of benzene rings is 1. The molecule has 0 atom stereocenters. The van der Waals surface area contributed by atoms with Crippen LogP contribution in [0.3, 0.4) is 0 Å². The number of hydrogen-bond donors (Lipinski definition) is 1. The highest BCUT2D eigenvalue weighted by atomic mass is 32.1. The molecule has 1 aromatic heterocycles. The van der Waals surface area contributed by atoms with Gasteiger partial charge in [0.05, 0.1) is 15.2 Å². The molecule has 21 heavy (non-hydrogen) atoms. The fourth-order valence-corrected chi connectivity index (χ4v) is 3.88. The predicted molar refractivity (Wildman–Crippen MR) is 91.3 cm³/mol. The maximum atomic E-state index is 5.58. The minimum atomic E-state index is 0.739. The van der Waals surface area contributed by atoms with Crippen LogP contribution in [-0.2, 0) is 6.42 Å². The molecule has 0 saturated carbocycles. The third-order valence-corrected chi connectivity index (χ3v) is 5.27. The summed E-state index contributed by atoms with van der Waals surface area (Å²) in [6.45, 7) is 8.71. The van der Waals surface area contributed by atoms with E-state index in [0.717, 1.165) is 44.5 Å². The van der Waals surface area contributed by atoms with Crippen molar-refractivity contribution in [3.8, 4) is 0 Å². The largest absolute Gasteiger partial charge is 0.369 e. The Morgan fingerprint density at radius 2 is 2.05 bits per heavy atom. The van der Waals surface area contributed by atoms with Crippen LogP contribution in [0.15, 0.2) is 18.2 Å². The first-order valence-corrected chi connectivity index (χ1v) is 8.68. The Balaban J connectivity index is 1.74. The maximum absolute atomic E-state index is 5.58. The minimum absolute atomic E-state index is 0.739. The van der Waals surface area contributed by atoms with E-state index < -0.39 is 0 Å². The maximum Gasteiger partial charge on any atom is 0.0939 e. The zero-order valence-electron chi connectivity index (χ0n) is 12.7. The molecule has 4 nitrogen and oxygen atoms in total. The van der Waals surface area contributed by atoms with E-state index in [9.17, 15) is 0 Å². The average molecular weight is 304 g/mol. The predicted octanol–water partition coefficient (Wildman–Crippen LogP) is 2.33. The molecule has 114 valence electrons. The number of thiazole rings is 1. The van der Waals surface area contributed by atoms with Crippen LogP contribution in [0.1, 0.15) is 18.4 Å². The van der Waals surface area contributed by atoms with E-state index in [4.69, 9.17) is 10.7 Å². The number of aryl methyl sites for hydroxylation is 1.